The van der Waals surface area contributed by atoms with E-state index in [-0.39, 0.29) is 0 Å². The normalized spacial score (nSPS) is 9.71. The summed E-state index contributed by atoms with van der Waals surface area (Å²) in [5.74, 6) is 6.35. The van der Waals surface area contributed by atoms with Gasteiger partial charge in [-0.2, -0.15) is 0 Å². The van der Waals surface area contributed by atoms with Gasteiger partial charge >= 0.3 is 6.03 Å². The van der Waals surface area contributed by atoms with Gasteiger partial charge in [-0.1, -0.05) is 0 Å². The summed E-state index contributed by atoms with van der Waals surface area (Å²) in [5, 5.41) is 0. The molecule has 1 aromatic carbocycles. The van der Waals surface area contributed by atoms with E-state index in [0.29, 0.717) is 17.2 Å². The first-order valence-electron chi connectivity index (χ1n) is 5.02. The van der Waals surface area contributed by atoms with E-state index in [1.807, 2.05) is 6.92 Å². The summed E-state index contributed by atoms with van der Waals surface area (Å²) < 4.78 is 10.4. The minimum atomic E-state index is -0.436. The van der Waals surface area contributed by atoms with Gasteiger partial charge in [0.25, 0.3) is 0 Å². The van der Waals surface area contributed by atoms with Crippen molar-refractivity contribution in [3.05, 3.63) is 17.7 Å². The number of nitrogens with one attached hydrogen (secondary N) is 1. The molecule has 0 aliphatic rings. The van der Waals surface area contributed by atoms with Crippen LogP contribution in [-0.4, -0.2) is 27.3 Å². The van der Waals surface area contributed by atoms with Crippen molar-refractivity contribution in [3.8, 4) is 11.5 Å². The highest BCUT2D eigenvalue weighted by Gasteiger charge is 2.16. The van der Waals surface area contributed by atoms with Crippen LogP contribution in [0.3, 0.4) is 0 Å². The molecule has 0 atom stereocenters. The summed E-state index contributed by atoms with van der Waals surface area (Å²) >= 11 is 0. The molecule has 1 rings (SSSR count). The fraction of sp³-hybridized carbons (Fsp3) is 0.364. The molecule has 0 bridgehead atoms. The monoisotopic (exact) mass is 239 g/mol. The van der Waals surface area contributed by atoms with Crippen LogP contribution >= 0.6 is 0 Å². The van der Waals surface area contributed by atoms with E-state index >= 15 is 0 Å². The lowest BCUT2D eigenvalue weighted by Crippen LogP contribution is -2.41. The van der Waals surface area contributed by atoms with E-state index in [4.69, 9.17) is 15.3 Å². The van der Waals surface area contributed by atoms with Crippen LogP contribution in [0.25, 0.3) is 0 Å². The van der Waals surface area contributed by atoms with Crippen molar-refractivity contribution < 1.29 is 14.3 Å². The summed E-state index contributed by atoms with van der Waals surface area (Å²) in [5.41, 5.74) is 3.56. The molecule has 1 aromatic rings. The molecule has 0 aliphatic carbocycles. The molecular formula is C11H17N3O3. The Labute approximate surface area is 100 Å². The first-order chi connectivity index (χ1) is 8.04. The van der Waals surface area contributed by atoms with Gasteiger partial charge in [0.2, 0.25) is 0 Å². The molecule has 0 aliphatic heterocycles. The number of aryl methyl sites for hydroxylation is 1. The van der Waals surface area contributed by atoms with Gasteiger partial charge in [0.15, 0.2) is 0 Å². The number of carbonyl (C=O) groups is 1. The van der Waals surface area contributed by atoms with E-state index in [2.05, 4.69) is 5.43 Å². The van der Waals surface area contributed by atoms with Gasteiger partial charge in [-0.25, -0.2) is 10.6 Å². The van der Waals surface area contributed by atoms with Crippen molar-refractivity contribution >= 4 is 11.7 Å². The standard InChI is InChI=1S/C11H17N3O3/c1-7-5-10(17-4)8(6-9(7)16-3)14(2)11(15)13-12/h5-6H,12H2,1-4H3,(H,13,15). The van der Waals surface area contributed by atoms with Gasteiger partial charge in [-0.15, -0.1) is 0 Å². The summed E-state index contributed by atoms with van der Waals surface area (Å²) in [6, 6.07) is 3.09. The van der Waals surface area contributed by atoms with Crippen LogP contribution in [0.1, 0.15) is 5.56 Å². The highest BCUT2D eigenvalue weighted by Crippen LogP contribution is 2.34. The van der Waals surface area contributed by atoms with Gasteiger partial charge in [0.05, 0.1) is 19.9 Å². The third kappa shape index (κ3) is 2.59. The summed E-state index contributed by atoms with van der Waals surface area (Å²) in [6.07, 6.45) is 0. The molecule has 0 unspecified atom stereocenters. The molecule has 0 heterocycles. The predicted molar refractivity (Wildman–Crippen MR) is 65.4 cm³/mol. The van der Waals surface area contributed by atoms with E-state index in [9.17, 15) is 4.79 Å². The van der Waals surface area contributed by atoms with Crippen LogP contribution in [0.4, 0.5) is 10.5 Å². The van der Waals surface area contributed by atoms with E-state index in [1.165, 1.54) is 4.90 Å². The van der Waals surface area contributed by atoms with Crippen LogP contribution in [-0.2, 0) is 0 Å². The third-order valence-electron chi connectivity index (χ3n) is 2.49. The second kappa shape index (κ2) is 5.40. The number of hydrogen-bond donors (Lipinski definition) is 2. The Morgan fingerprint density at radius 3 is 2.35 bits per heavy atom. The largest absolute Gasteiger partial charge is 0.496 e. The Bertz CT molecular complexity index is 421. The second-order valence-corrected chi connectivity index (χ2v) is 3.50. The van der Waals surface area contributed by atoms with Crippen LogP contribution in [0.5, 0.6) is 11.5 Å². The van der Waals surface area contributed by atoms with Crippen molar-refractivity contribution in [1.82, 2.24) is 5.43 Å². The molecule has 0 saturated heterocycles. The molecule has 94 valence electrons. The summed E-state index contributed by atoms with van der Waals surface area (Å²) in [4.78, 5) is 12.8. The fourth-order valence-electron chi connectivity index (χ4n) is 1.50. The van der Waals surface area contributed by atoms with Crippen LogP contribution < -0.4 is 25.6 Å². The number of methoxy groups -OCH3 is 2. The molecule has 0 fully saturated rings. The maximum Gasteiger partial charge on any atom is 0.335 e. The van der Waals surface area contributed by atoms with E-state index in [1.54, 1.807) is 33.4 Å². The quantitative estimate of drug-likeness (QED) is 0.469. The number of nitrogens with zero attached hydrogens (tertiary/aromatic N) is 1. The first kappa shape index (κ1) is 13.1. The molecule has 6 heteroatoms. The summed E-state index contributed by atoms with van der Waals surface area (Å²) in [6.45, 7) is 1.90. The van der Waals surface area contributed by atoms with Gasteiger partial charge in [0.1, 0.15) is 11.5 Å². The molecule has 0 spiro atoms. The lowest BCUT2D eigenvalue weighted by Gasteiger charge is -2.20. The SMILES string of the molecule is COc1cc(N(C)C(=O)NN)c(OC)cc1C. The number of amides is 2. The smallest absolute Gasteiger partial charge is 0.335 e. The fourth-order valence-corrected chi connectivity index (χ4v) is 1.50. The predicted octanol–water partition coefficient (Wildman–Crippen LogP) is 1.03. The second-order valence-electron chi connectivity index (χ2n) is 3.50. The van der Waals surface area contributed by atoms with Crippen molar-refractivity contribution in [3.63, 3.8) is 0 Å². The number of hydrogen-bond acceptors (Lipinski definition) is 4. The molecule has 0 radical (unpaired) electrons. The number of carbonyl (C=O) groups excluding carboxylic acids is 1. The van der Waals surface area contributed by atoms with Crippen LogP contribution in [0.2, 0.25) is 0 Å². The molecule has 3 N–H and O–H groups in total. The van der Waals surface area contributed by atoms with E-state index < -0.39 is 6.03 Å². The van der Waals surface area contributed by atoms with Crippen molar-refractivity contribution in [2.45, 2.75) is 6.92 Å². The first-order valence-corrected chi connectivity index (χ1v) is 5.02. The maximum absolute atomic E-state index is 11.5. The number of nitrogens with two attached hydrogens (primary N) is 1. The molecule has 2 amide bonds. The van der Waals surface area contributed by atoms with Crippen molar-refractivity contribution in [1.29, 1.82) is 0 Å². The zero-order valence-corrected chi connectivity index (χ0v) is 10.4. The maximum atomic E-state index is 11.5. The minimum absolute atomic E-state index is 0.436. The average Bonchev–Trinajstić information content (AvgIpc) is 2.36. The van der Waals surface area contributed by atoms with Gasteiger partial charge < -0.3 is 9.47 Å². The highest BCUT2D eigenvalue weighted by atomic mass is 16.5. The van der Waals surface area contributed by atoms with Gasteiger partial charge in [0, 0.05) is 13.1 Å². The minimum Gasteiger partial charge on any atom is -0.496 e. The van der Waals surface area contributed by atoms with E-state index in [0.717, 1.165) is 5.56 Å². The van der Waals surface area contributed by atoms with Crippen molar-refractivity contribution in [2.24, 2.45) is 5.84 Å². The molecule has 17 heavy (non-hydrogen) atoms. The number of benzene rings is 1. The highest BCUT2D eigenvalue weighted by molar-refractivity contribution is 5.93. The summed E-state index contributed by atoms with van der Waals surface area (Å²) in [7, 11) is 4.70. The zero-order valence-electron chi connectivity index (χ0n) is 10.4. The molecular weight excluding hydrogens is 222 g/mol. The van der Waals surface area contributed by atoms with Crippen LogP contribution in [0, 0.1) is 6.92 Å². The van der Waals surface area contributed by atoms with Crippen molar-refractivity contribution in [2.75, 3.05) is 26.2 Å². The molecule has 0 saturated carbocycles. The zero-order chi connectivity index (χ0) is 13.0. The Morgan fingerprint density at radius 1 is 1.29 bits per heavy atom. The number of anilines is 1. The Balaban J connectivity index is 3.25. The Hall–Kier alpha value is -1.95. The third-order valence-corrected chi connectivity index (χ3v) is 2.49. The van der Waals surface area contributed by atoms with Gasteiger partial charge in [-0.3, -0.25) is 10.3 Å². The lowest BCUT2D eigenvalue weighted by atomic mass is 10.1. The lowest BCUT2D eigenvalue weighted by molar-refractivity contribution is 0.247. The number of urea groups is 1. The Morgan fingerprint density at radius 2 is 1.88 bits per heavy atom. The number of rotatable bonds is 3. The van der Waals surface area contributed by atoms with Crippen LogP contribution in [0.15, 0.2) is 12.1 Å². The number of hydrazine groups is 1. The molecule has 0 aromatic heterocycles. The van der Waals surface area contributed by atoms with Gasteiger partial charge in [-0.05, 0) is 18.6 Å². The number of ether oxygens (including phenoxy) is 2. The molecule has 6 nitrogen and oxygen atoms in total. The average molecular weight is 239 g/mol. The topological polar surface area (TPSA) is 76.8 Å². The Kier molecular flexibility index (Phi) is 4.17.